The Morgan fingerprint density at radius 2 is 1.94 bits per heavy atom. The number of ether oxygens (including phenoxy) is 1. The van der Waals surface area contributed by atoms with Crippen LogP contribution in [0, 0.1) is 0 Å². The SMILES string of the molecule is CC(OC(=O)c1ccc2c(=O)n3c(nc2c1)CCCCC3)C(=O)Nc1ccnn1C(C)C. The van der Waals surface area contributed by atoms with Gasteiger partial charge in [0.25, 0.3) is 11.5 Å². The van der Waals surface area contributed by atoms with Crippen molar-refractivity contribution in [1.82, 2.24) is 19.3 Å². The maximum absolute atomic E-state index is 12.8. The summed E-state index contributed by atoms with van der Waals surface area (Å²) in [6.07, 6.45) is 4.33. The topological polar surface area (TPSA) is 108 Å². The molecule has 168 valence electrons. The molecule has 0 fully saturated rings. The normalized spacial score (nSPS) is 14.6. The van der Waals surface area contributed by atoms with E-state index in [9.17, 15) is 14.4 Å². The maximum Gasteiger partial charge on any atom is 0.338 e. The van der Waals surface area contributed by atoms with Crippen molar-refractivity contribution in [3.63, 3.8) is 0 Å². The van der Waals surface area contributed by atoms with Gasteiger partial charge in [0.2, 0.25) is 0 Å². The van der Waals surface area contributed by atoms with Crippen LogP contribution in [0.25, 0.3) is 10.9 Å². The molecule has 3 heterocycles. The fourth-order valence-electron chi connectivity index (χ4n) is 3.88. The fourth-order valence-corrected chi connectivity index (χ4v) is 3.88. The summed E-state index contributed by atoms with van der Waals surface area (Å²) in [6.45, 7) is 6.08. The Balaban J connectivity index is 1.51. The van der Waals surface area contributed by atoms with Crippen LogP contribution in [0.4, 0.5) is 5.82 Å². The van der Waals surface area contributed by atoms with E-state index in [1.54, 1.807) is 33.6 Å². The summed E-state index contributed by atoms with van der Waals surface area (Å²) in [6, 6.07) is 6.45. The number of aryl methyl sites for hydroxylation is 1. The van der Waals surface area contributed by atoms with Gasteiger partial charge in [0, 0.05) is 25.1 Å². The Bertz CT molecular complexity index is 1230. The number of benzene rings is 1. The zero-order valence-electron chi connectivity index (χ0n) is 18.5. The molecule has 1 aliphatic rings. The van der Waals surface area contributed by atoms with Gasteiger partial charge < -0.3 is 10.1 Å². The van der Waals surface area contributed by atoms with Crippen LogP contribution < -0.4 is 10.9 Å². The van der Waals surface area contributed by atoms with E-state index in [1.807, 2.05) is 13.8 Å². The standard InChI is InChI=1S/C23H27N5O4/c1-14(2)28-20(10-11-24-28)26-21(29)15(3)32-23(31)16-8-9-17-18(13-16)25-19-7-5-4-6-12-27(19)22(17)30/h8-11,13-15H,4-7,12H2,1-3H3,(H,26,29). The first-order valence-electron chi connectivity index (χ1n) is 10.9. The Morgan fingerprint density at radius 1 is 1.12 bits per heavy atom. The number of nitrogens with one attached hydrogen (secondary N) is 1. The van der Waals surface area contributed by atoms with Crippen LogP contribution in [0.3, 0.4) is 0 Å². The van der Waals surface area contributed by atoms with Gasteiger partial charge in [0.15, 0.2) is 6.10 Å². The first kappa shape index (κ1) is 21.7. The molecule has 1 unspecified atom stereocenters. The lowest BCUT2D eigenvalue weighted by Crippen LogP contribution is -2.31. The van der Waals surface area contributed by atoms with Gasteiger partial charge in [-0.2, -0.15) is 5.10 Å². The van der Waals surface area contributed by atoms with Crippen molar-refractivity contribution in [3.8, 4) is 0 Å². The van der Waals surface area contributed by atoms with Crippen molar-refractivity contribution < 1.29 is 14.3 Å². The van der Waals surface area contributed by atoms with Crippen LogP contribution >= 0.6 is 0 Å². The number of carbonyl (C=O) groups is 2. The van der Waals surface area contributed by atoms with E-state index in [4.69, 9.17) is 4.74 Å². The number of anilines is 1. The number of esters is 1. The van der Waals surface area contributed by atoms with E-state index >= 15 is 0 Å². The molecule has 0 saturated heterocycles. The highest BCUT2D eigenvalue weighted by molar-refractivity contribution is 5.98. The lowest BCUT2D eigenvalue weighted by Gasteiger charge is -2.16. The minimum atomic E-state index is -1.01. The Labute approximate surface area is 185 Å². The van der Waals surface area contributed by atoms with E-state index in [0.29, 0.717) is 23.3 Å². The van der Waals surface area contributed by atoms with Crippen LogP contribution in [-0.4, -0.2) is 37.3 Å². The lowest BCUT2D eigenvalue weighted by molar-refractivity contribution is -0.123. The largest absolute Gasteiger partial charge is 0.449 e. The Hall–Kier alpha value is -3.49. The molecular formula is C23H27N5O4. The molecule has 0 aliphatic carbocycles. The van der Waals surface area contributed by atoms with E-state index in [1.165, 1.54) is 13.0 Å². The number of aromatic nitrogens is 4. The van der Waals surface area contributed by atoms with E-state index in [2.05, 4.69) is 15.4 Å². The van der Waals surface area contributed by atoms with E-state index in [-0.39, 0.29) is 17.2 Å². The van der Waals surface area contributed by atoms with Crippen LogP contribution in [-0.2, 0) is 22.5 Å². The summed E-state index contributed by atoms with van der Waals surface area (Å²) in [7, 11) is 0. The lowest BCUT2D eigenvalue weighted by atomic mass is 10.1. The summed E-state index contributed by atoms with van der Waals surface area (Å²) in [5.41, 5.74) is 0.631. The molecular weight excluding hydrogens is 410 g/mol. The highest BCUT2D eigenvalue weighted by Crippen LogP contribution is 2.18. The molecule has 1 aromatic carbocycles. The summed E-state index contributed by atoms with van der Waals surface area (Å²) < 4.78 is 8.77. The summed E-state index contributed by atoms with van der Waals surface area (Å²) in [5.74, 6) is 0.177. The first-order chi connectivity index (χ1) is 15.3. The highest BCUT2D eigenvalue weighted by atomic mass is 16.5. The van der Waals surface area contributed by atoms with Crippen molar-refractivity contribution >= 4 is 28.6 Å². The van der Waals surface area contributed by atoms with Crippen LogP contribution in [0.2, 0.25) is 0 Å². The zero-order valence-corrected chi connectivity index (χ0v) is 18.5. The minimum absolute atomic E-state index is 0.0716. The molecule has 1 amide bonds. The van der Waals surface area contributed by atoms with E-state index < -0.39 is 18.0 Å². The van der Waals surface area contributed by atoms with Gasteiger partial charge in [-0.15, -0.1) is 0 Å². The number of carbonyl (C=O) groups excluding carboxylic acids is 2. The number of amides is 1. The summed E-state index contributed by atoms with van der Waals surface area (Å²) in [5, 5.41) is 7.37. The van der Waals surface area contributed by atoms with Crippen molar-refractivity contribution in [3.05, 3.63) is 52.2 Å². The number of hydrogen-bond acceptors (Lipinski definition) is 6. The smallest absolute Gasteiger partial charge is 0.338 e. The highest BCUT2D eigenvalue weighted by Gasteiger charge is 2.22. The number of hydrogen-bond donors (Lipinski definition) is 1. The average molecular weight is 438 g/mol. The number of rotatable bonds is 5. The molecule has 0 spiro atoms. The molecule has 0 bridgehead atoms. The van der Waals surface area contributed by atoms with Crippen LogP contribution in [0.5, 0.6) is 0 Å². The van der Waals surface area contributed by atoms with Gasteiger partial charge in [0.1, 0.15) is 11.6 Å². The average Bonchev–Trinajstić information content (AvgIpc) is 3.10. The molecule has 1 aliphatic heterocycles. The number of nitrogens with zero attached hydrogens (tertiary/aromatic N) is 4. The monoisotopic (exact) mass is 437 g/mol. The Morgan fingerprint density at radius 3 is 2.72 bits per heavy atom. The van der Waals surface area contributed by atoms with Crippen LogP contribution in [0.15, 0.2) is 35.3 Å². The Kier molecular flexibility index (Phi) is 6.07. The molecule has 0 radical (unpaired) electrons. The molecule has 3 aromatic rings. The fraction of sp³-hybridized carbons (Fsp3) is 0.435. The third kappa shape index (κ3) is 4.28. The second kappa shape index (κ2) is 8.94. The third-order valence-corrected chi connectivity index (χ3v) is 5.62. The van der Waals surface area contributed by atoms with Crippen molar-refractivity contribution in [2.24, 2.45) is 0 Å². The van der Waals surface area contributed by atoms with Crippen LogP contribution in [0.1, 0.15) is 62.3 Å². The molecule has 32 heavy (non-hydrogen) atoms. The molecule has 1 N–H and O–H groups in total. The van der Waals surface area contributed by atoms with Crippen molar-refractivity contribution in [2.75, 3.05) is 5.32 Å². The quantitative estimate of drug-likeness (QED) is 0.615. The molecule has 9 nitrogen and oxygen atoms in total. The first-order valence-corrected chi connectivity index (χ1v) is 10.9. The van der Waals surface area contributed by atoms with Gasteiger partial charge in [0.05, 0.1) is 22.7 Å². The predicted molar refractivity (Wildman–Crippen MR) is 120 cm³/mol. The van der Waals surface area contributed by atoms with Gasteiger partial charge >= 0.3 is 5.97 Å². The zero-order chi connectivity index (χ0) is 22.8. The maximum atomic E-state index is 12.8. The van der Waals surface area contributed by atoms with Gasteiger partial charge in [-0.1, -0.05) is 6.42 Å². The van der Waals surface area contributed by atoms with Gasteiger partial charge in [-0.05, 0) is 51.8 Å². The summed E-state index contributed by atoms with van der Waals surface area (Å²) >= 11 is 0. The summed E-state index contributed by atoms with van der Waals surface area (Å²) in [4.78, 5) is 42.7. The van der Waals surface area contributed by atoms with Gasteiger partial charge in [-0.3, -0.25) is 14.2 Å². The molecule has 4 rings (SSSR count). The molecule has 0 saturated carbocycles. The number of fused-ring (bicyclic) bond motifs is 2. The molecule has 2 aromatic heterocycles. The predicted octanol–water partition coefficient (Wildman–Crippen LogP) is 3.08. The third-order valence-electron chi connectivity index (χ3n) is 5.62. The second-order valence-corrected chi connectivity index (χ2v) is 8.32. The van der Waals surface area contributed by atoms with E-state index in [0.717, 1.165) is 31.5 Å². The molecule has 9 heteroatoms. The minimum Gasteiger partial charge on any atom is -0.449 e. The van der Waals surface area contributed by atoms with Crippen molar-refractivity contribution in [2.45, 2.75) is 65.1 Å². The van der Waals surface area contributed by atoms with Gasteiger partial charge in [-0.25, -0.2) is 14.5 Å². The molecule has 1 atom stereocenters. The van der Waals surface area contributed by atoms with Crippen molar-refractivity contribution in [1.29, 1.82) is 0 Å². The second-order valence-electron chi connectivity index (χ2n) is 8.32.